The molecule has 1 aliphatic heterocycles. The maximum Gasteiger partial charge on any atom is 0.231 e. The molecule has 4 heteroatoms. The largest absolute Gasteiger partial charge is 0.369 e. The van der Waals surface area contributed by atoms with E-state index in [1.807, 2.05) is 0 Å². The lowest BCUT2D eigenvalue weighted by atomic mass is 10.0. The summed E-state index contributed by atoms with van der Waals surface area (Å²) in [6.45, 7) is 6.94. The third kappa shape index (κ3) is 7.53. The van der Waals surface area contributed by atoms with Crippen LogP contribution in [0.1, 0.15) is 58.8 Å². The number of primary amides is 1. The maximum absolute atomic E-state index is 10.9. The van der Waals surface area contributed by atoms with Gasteiger partial charge in [-0.05, 0) is 26.2 Å². The molecule has 0 saturated carbocycles. The quantitative estimate of drug-likeness (QED) is 0.628. The Kier molecular flexibility index (Phi) is 8.07. The monoisotopic (exact) mass is 269 g/mol. The van der Waals surface area contributed by atoms with Crippen LogP contribution in [0.15, 0.2) is 0 Å². The molecule has 112 valence electrons. The van der Waals surface area contributed by atoms with Gasteiger partial charge >= 0.3 is 0 Å². The van der Waals surface area contributed by atoms with Gasteiger partial charge < -0.3 is 11.1 Å². The van der Waals surface area contributed by atoms with Crippen molar-refractivity contribution in [2.24, 2.45) is 5.73 Å². The number of carbonyl (C=O) groups is 1. The van der Waals surface area contributed by atoms with Crippen molar-refractivity contribution in [3.05, 3.63) is 0 Å². The number of rotatable bonds is 9. The highest BCUT2D eigenvalue weighted by Gasteiger charge is 2.20. The molecule has 0 spiro atoms. The fraction of sp³-hybridized carbons (Fsp3) is 0.933. The van der Waals surface area contributed by atoms with Gasteiger partial charge in [-0.15, -0.1) is 0 Å². The van der Waals surface area contributed by atoms with Gasteiger partial charge in [-0.1, -0.05) is 32.6 Å². The molecule has 1 unspecified atom stereocenters. The Labute approximate surface area is 118 Å². The van der Waals surface area contributed by atoms with Crippen LogP contribution in [0.4, 0.5) is 0 Å². The van der Waals surface area contributed by atoms with Gasteiger partial charge in [0.2, 0.25) is 5.91 Å². The molecule has 0 aliphatic carbocycles. The lowest BCUT2D eigenvalue weighted by molar-refractivity contribution is -0.119. The average molecular weight is 269 g/mol. The van der Waals surface area contributed by atoms with Gasteiger partial charge in [-0.3, -0.25) is 9.69 Å². The molecule has 19 heavy (non-hydrogen) atoms. The van der Waals surface area contributed by atoms with E-state index in [1.54, 1.807) is 0 Å². The predicted octanol–water partition coefficient (Wildman–Crippen LogP) is 1.88. The molecule has 0 aromatic heterocycles. The Balaban J connectivity index is 2.09. The second-order valence-corrected chi connectivity index (χ2v) is 5.93. The molecule has 1 heterocycles. The Morgan fingerprint density at radius 1 is 1.32 bits per heavy atom. The summed E-state index contributed by atoms with van der Waals surface area (Å²) in [6, 6.07) is 1.23. The predicted molar refractivity (Wildman–Crippen MR) is 80.0 cm³/mol. The van der Waals surface area contributed by atoms with Crippen LogP contribution in [-0.2, 0) is 4.79 Å². The molecule has 0 aromatic rings. The van der Waals surface area contributed by atoms with Crippen LogP contribution in [0.5, 0.6) is 0 Å². The van der Waals surface area contributed by atoms with Gasteiger partial charge in [-0.25, -0.2) is 0 Å². The van der Waals surface area contributed by atoms with Gasteiger partial charge in [0.05, 0.1) is 6.54 Å². The second kappa shape index (κ2) is 9.32. The third-order valence-electron chi connectivity index (χ3n) is 3.98. The first-order chi connectivity index (χ1) is 9.11. The topological polar surface area (TPSA) is 58.4 Å². The fourth-order valence-electron chi connectivity index (χ4n) is 2.84. The number of nitrogens with zero attached hydrogens (tertiary/aromatic N) is 1. The zero-order valence-electron chi connectivity index (χ0n) is 12.7. The van der Waals surface area contributed by atoms with Gasteiger partial charge in [0, 0.05) is 25.2 Å². The molecule has 3 N–H and O–H groups in total. The standard InChI is InChI=1S/C15H31N3O/c1-3-4-5-6-7-13(2)17-14-8-10-18(11-9-14)12-15(16)19/h13-14,17H,3-12H2,1-2H3,(H2,16,19). The molecule has 1 rings (SSSR count). The molecule has 1 atom stereocenters. The summed E-state index contributed by atoms with van der Waals surface area (Å²) in [5.74, 6) is -0.212. The van der Waals surface area contributed by atoms with Crippen molar-refractivity contribution < 1.29 is 4.79 Å². The lowest BCUT2D eigenvalue weighted by Crippen LogP contribution is -2.47. The number of unbranched alkanes of at least 4 members (excludes halogenated alkanes) is 3. The third-order valence-corrected chi connectivity index (χ3v) is 3.98. The number of piperidine rings is 1. The maximum atomic E-state index is 10.9. The van der Waals surface area contributed by atoms with E-state index in [2.05, 4.69) is 24.1 Å². The van der Waals surface area contributed by atoms with Crippen molar-refractivity contribution in [1.29, 1.82) is 0 Å². The summed E-state index contributed by atoms with van der Waals surface area (Å²) in [4.78, 5) is 13.0. The van der Waals surface area contributed by atoms with E-state index in [4.69, 9.17) is 5.73 Å². The summed E-state index contributed by atoms with van der Waals surface area (Å²) in [5.41, 5.74) is 5.22. The molecular weight excluding hydrogens is 238 g/mol. The zero-order valence-corrected chi connectivity index (χ0v) is 12.7. The molecule has 1 amide bonds. The van der Waals surface area contributed by atoms with Gasteiger partial charge in [0.15, 0.2) is 0 Å². The van der Waals surface area contributed by atoms with Crippen LogP contribution < -0.4 is 11.1 Å². The van der Waals surface area contributed by atoms with E-state index in [-0.39, 0.29) is 5.91 Å². The van der Waals surface area contributed by atoms with Crippen LogP contribution in [0.3, 0.4) is 0 Å². The van der Waals surface area contributed by atoms with E-state index in [0.29, 0.717) is 18.6 Å². The Morgan fingerprint density at radius 3 is 2.58 bits per heavy atom. The first kappa shape index (κ1) is 16.4. The van der Waals surface area contributed by atoms with Crippen LogP contribution in [0.2, 0.25) is 0 Å². The van der Waals surface area contributed by atoms with E-state index in [1.165, 1.54) is 32.1 Å². The van der Waals surface area contributed by atoms with Crippen LogP contribution >= 0.6 is 0 Å². The Hall–Kier alpha value is -0.610. The Bertz CT molecular complexity index is 250. The van der Waals surface area contributed by atoms with Crippen molar-refractivity contribution in [3.63, 3.8) is 0 Å². The average Bonchev–Trinajstić information content (AvgIpc) is 2.36. The molecular formula is C15H31N3O. The van der Waals surface area contributed by atoms with E-state index >= 15 is 0 Å². The van der Waals surface area contributed by atoms with Gasteiger partial charge in [0.1, 0.15) is 0 Å². The molecule has 1 fully saturated rings. The highest BCUT2D eigenvalue weighted by molar-refractivity contribution is 5.75. The number of hydrogen-bond donors (Lipinski definition) is 2. The first-order valence-electron chi connectivity index (χ1n) is 7.88. The number of hydrogen-bond acceptors (Lipinski definition) is 3. The van der Waals surface area contributed by atoms with Crippen LogP contribution in [0, 0.1) is 0 Å². The van der Waals surface area contributed by atoms with Crippen molar-refractivity contribution in [1.82, 2.24) is 10.2 Å². The highest BCUT2D eigenvalue weighted by atomic mass is 16.1. The van der Waals surface area contributed by atoms with Crippen molar-refractivity contribution in [3.8, 4) is 0 Å². The van der Waals surface area contributed by atoms with E-state index < -0.39 is 0 Å². The summed E-state index contributed by atoms with van der Waals surface area (Å²) in [6.07, 6.45) is 8.90. The van der Waals surface area contributed by atoms with Gasteiger partial charge in [0.25, 0.3) is 0 Å². The summed E-state index contributed by atoms with van der Waals surface area (Å²) in [5, 5.41) is 3.73. The van der Waals surface area contributed by atoms with Crippen LogP contribution in [0.25, 0.3) is 0 Å². The molecule has 0 radical (unpaired) electrons. The summed E-state index contributed by atoms with van der Waals surface area (Å²) in [7, 11) is 0. The minimum absolute atomic E-state index is 0.212. The van der Waals surface area contributed by atoms with Crippen LogP contribution in [-0.4, -0.2) is 42.5 Å². The molecule has 0 bridgehead atoms. The second-order valence-electron chi connectivity index (χ2n) is 5.93. The van der Waals surface area contributed by atoms with E-state index in [0.717, 1.165) is 25.9 Å². The smallest absolute Gasteiger partial charge is 0.231 e. The SMILES string of the molecule is CCCCCCC(C)NC1CCN(CC(N)=O)CC1. The van der Waals surface area contributed by atoms with Crippen molar-refractivity contribution >= 4 is 5.91 Å². The highest BCUT2D eigenvalue weighted by Crippen LogP contribution is 2.12. The number of carbonyl (C=O) groups excluding carboxylic acids is 1. The first-order valence-corrected chi connectivity index (χ1v) is 7.88. The fourth-order valence-corrected chi connectivity index (χ4v) is 2.84. The number of amides is 1. The summed E-state index contributed by atoms with van der Waals surface area (Å²) >= 11 is 0. The van der Waals surface area contributed by atoms with E-state index in [9.17, 15) is 4.79 Å². The zero-order chi connectivity index (χ0) is 14.1. The molecule has 4 nitrogen and oxygen atoms in total. The van der Waals surface area contributed by atoms with Crippen molar-refractivity contribution in [2.45, 2.75) is 70.9 Å². The van der Waals surface area contributed by atoms with Crippen molar-refractivity contribution in [2.75, 3.05) is 19.6 Å². The molecule has 1 saturated heterocycles. The molecule has 0 aromatic carbocycles. The molecule has 1 aliphatic rings. The number of nitrogens with two attached hydrogens (primary N) is 1. The number of nitrogens with one attached hydrogen (secondary N) is 1. The lowest BCUT2D eigenvalue weighted by Gasteiger charge is -2.33. The normalized spacial score (nSPS) is 19.5. The summed E-state index contributed by atoms with van der Waals surface area (Å²) < 4.78 is 0. The van der Waals surface area contributed by atoms with Gasteiger partial charge in [-0.2, -0.15) is 0 Å². The minimum Gasteiger partial charge on any atom is -0.369 e. The number of likely N-dealkylation sites (tertiary alicyclic amines) is 1. The Morgan fingerprint density at radius 2 is 2.00 bits per heavy atom. The minimum atomic E-state index is -0.212.